The summed E-state index contributed by atoms with van der Waals surface area (Å²) in [4.78, 5) is 11.6. The number of carboxylic acids is 1. The van der Waals surface area contributed by atoms with Crippen LogP contribution in [0.15, 0.2) is 24.3 Å². The lowest BCUT2D eigenvalue weighted by molar-refractivity contribution is -0.192. The van der Waals surface area contributed by atoms with Gasteiger partial charge in [-0.2, -0.15) is 13.2 Å². The Bertz CT molecular complexity index is 733. The van der Waals surface area contributed by atoms with Crippen LogP contribution in [0.4, 0.5) is 13.2 Å². The van der Waals surface area contributed by atoms with Gasteiger partial charge in [0, 0.05) is 44.9 Å². The molecule has 1 aromatic rings. The average molecular weight is 474 g/mol. The summed E-state index contributed by atoms with van der Waals surface area (Å²) in [5.41, 5.74) is 1.39. The fourth-order valence-corrected chi connectivity index (χ4v) is 4.44. The summed E-state index contributed by atoms with van der Waals surface area (Å²) in [5, 5.41) is 7.12. The van der Waals surface area contributed by atoms with E-state index < -0.39 is 12.1 Å². The topological polar surface area (TPSA) is 68.2 Å². The van der Waals surface area contributed by atoms with Gasteiger partial charge in [0.2, 0.25) is 0 Å². The number of piperidine rings is 1. The molecule has 2 heterocycles. The zero-order valence-electron chi connectivity index (χ0n) is 19.1. The molecule has 2 saturated heterocycles. The van der Waals surface area contributed by atoms with Crippen LogP contribution in [0, 0.1) is 11.8 Å². The van der Waals surface area contributed by atoms with Gasteiger partial charge in [-0.05, 0) is 62.1 Å². The fourth-order valence-electron chi connectivity index (χ4n) is 4.44. The first-order chi connectivity index (χ1) is 15.8. The molecule has 4 rings (SSSR count). The molecule has 1 aliphatic carbocycles. The molecule has 0 spiro atoms. The first-order valence-corrected chi connectivity index (χ1v) is 11.6. The monoisotopic (exact) mass is 473 g/mol. The number of carbonyl (C=O) groups is 1. The van der Waals surface area contributed by atoms with Gasteiger partial charge in [-0.1, -0.05) is 12.1 Å². The molecule has 0 aromatic heterocycles. The molecule has 1 saturated carbocycles. The smallest absolute Gasteiger partial charge is 0.490 e. The van der Waals surface area contributed by atoms with E-state index in [0.29, 0.717) is 18.1 Å². The lowest BCUT2D eigenvalue weighted by atomic mass is 9.87. The van der Waals surface area contributed by atoms with E-state index in [9.17, 15) is 13.2 Å². The summed E-state index contributed by atoms with van der Waals surface area (Å²) >= 11 is 0. The van der Waals surface area contributed by atoms with Gasteiger partial charge in [0.1, 0.15) is 5.75 Å². The van der Waals surface area contributed by atoms with Gasteiger partial charge in [0.25, 0.3) is 0 Å². The first-order valence-electron chi connectivity index (χ1n) is 11.6. The Morgan fingerprint density at radius 2 is 1.76 bits per heavy atom. The molecule has 0 unspecified atom stereocenters. The first kappa shape index (κ1) is 25.8. The zero-order valence-corrected chi connectivity index (χ0v) is 19.1. The van der Waals surface area contributed by atoms with Crippen molar-refractivity contribution in [3.8, 4) is 5.75 Å². The molecular formula is C24H34F3NO5. The summed E-state index contributed by atoms with van der Waals surface area (Å²) in [5.74, 6) is -0.404. The van der Waals surface area contributed by atoms with Crippen LogP contribution in [-0.4, -0.2) is 74.3 Å². The lowest BCUT2D eigenvalue weighted by Crippen LogP contribution is -2.50. The molecule has 2 atom stereocenters. The van der Waals surface area contributed by atoms with E-state index in [1.54, 1.807) is 7.11 Å². The number of rotatable bonds is 7. The second-order valence-electron chi connectivity index (χ2n) is 9.06. The molecule has 1 N–H and O–H groups in total. The van der Waals surface area contributed by atoms with E-state index in [1.807, 2.05) is 0 Å². The van der Waals surface area contributed by atoms with E-state index >= 15 is 0 Å². The third-order valence-corrected chi connectivity index (χ3v) is 6.55. The highest BCUT2D eigenvalue weighted by Gasteiger charge is 2.38. The summed E-state index contributed by atoms with van der Waals surface area (Å²) in [6.45, 7) is 5.16. The zero-order chi connectivity index (χ0) is 23.8. The molecule has 0 radical (unpaired) electrons. The number of hydrogen-bond donors (Lipinski definition) is 1. The van der Waals surface area contributed by atoms with Crippen molar-refractivity contribution in [2.45, 2.75) is 56.8 Å². The Kier molecular flexibility index (Phi) is 9.40. The summed E-state index contributed by atoms with van der Waals surface area (Å²) in [6.07, 6.45) is 2.69. The number of halogens is 3. The predicted octanol–water partition coefficient (Wildman–Crippen LogP) is 4.17. The maximum absolute atomic E-state index is 10.6. The molecule has 33 heavy (non-hydrogen) atoms. The van der Waals surface area contributed by atoms with Gasteiger partial charge < -0.3 is 19.3 Å². The number of alkyl halides is 3. The molecule has 0 amide bonds. The highest BCUT2D eigenvalue weighted by molar-refractivity contribution is 5.73. The van der Waals surface area contributed by atoms with Crippen LogP contribution in [0.5, 0.6) is 5.75 Å². The Labute approximate surface area is 193 Å². The molecule has 9 heteroatoms. The Morgan fingerprint density at radius 3 is 2.30 bits per heavy atom. The number of hydrogen-bond acceptors (Lipinski definition) is 5. The minimum absolute atomic E-state index is 0.411. The van der Waals surface area contributed by atoms with Crippen LogP contribution in [0.2, 0.25) is 0 Å². The van der Waals surface area contributed by atoms with Crippen molar-refractivity contribution < 1.29 is 37.3 Å². The molecule has 3 fully saturated rings. The van der Waals surface area contributed by atoms with E-state index in [1.165, 1.54) is 44.2 Å². The minimum atomic E-state index is -5.08. The predicted molar refractivity (Wildman–Crippen MR) is 116 cm³/mol. The van der Waals surface area contributed by atoms with Gasteiger partial charge in [-0.15, -0.1) is 0 Å². The second-order valence-corrected chi connectivity index (χ2v) is 9.06. The molecule has 1 aromatic carbocycles. The van der Waals surface area contributed by atoms with Gasteiger partial charge >= 0.3 is 12.1 Å². The minimum Gasteiger partial charge on any atom is -0.497 e. The van der Waals surface area contributed by atoms with E-state index in [4.69, 9.17) is 24.1 Å². The van der Waals surface area contributed by atoms with Crippen molar-refractivity contribution in [1.29, 1.82) is 0 Å². The summed E-state index contributed by atoms with van der Waals surface area (Å²) in [6, 6.07) is 9.28. The largest absolute Gasteiger partial charge is 0.497 e. The molecule has 0 bridgehead atoms. The van der Waals surface area contributed by atoms with Crippen molar-refractivity contribution in [3.63, 3.8) is 0 Å². The number of likely N-dealkylation sites (tertiary alicyclic amines) is 1. The number of benzene rings is 1. The maximum atomic E-state index is 10.6. The average Bonchev–Trinajstić information content (AvgIpc) is 3.64. The van der Waals surface area contributed by atoms with Crippen molar-refractivity contribution in [2.24, 2.45) is 11.8 Å². The fraction of sp³-hybridized carbons (Fsp3) is 0.708. The number of ether oxygens (including phenoxy) is 3. The van der Waals surface area contributed by atoms with Crippen LogP contribution >= 0.6 is 0 Å². The Hall–Kier alpha value is -1.84. The second kappa shape index (κ2) is 12.0. The number of methoxy groups -OCH3 is 1. The SMILES string of the molecule is COc1ccc(C[C@H]2CN(C3CCOCC3)CC[C@H]2OCC2CC2)cc1.O=C(O)C(F)(F)F. The van der Waals surface area contributed by atoms with Crippen LogP contribution in [0.3, 0.4) is 0 Å². The number of nitrogens with zero attached hydrogens (tertiary/aromatic N) is 1. The third-order valence-electron chi connectivity index (χ3n) is 6.55. The molecule has 6 nitrogen and oxygen atoms in total. The van der Waals surface area contributed by atoms with E-state index in [0.717, 1.165) is 44.5 Å². The molecular weight excluding hydrogens is 439 g/mol. The third kappa shape index (κ3) is 8.46. The highest BCUT2D eigenvalue weighted by Crippen LogP contribution is 2.33. The van der Waals surface area contributed by atoms with Crippen LogP contribution in [-0.2, 0) is 20.7 Å². The van der Waals surface area contributed by atoms with Crippen LogP contribution < -0.4 is 4.74 Å². The van der Waals surface area contributed by atoms with Gasteiger partial charge in [-0.3, -0.25) is 4.90 Å². The Balaban J connectivity index is 0.000000383. The Morgan fingerprint density at radius 1 is 1.12 bits per heavy atom. The van der Waals surface area contributed by atoms with Gasteiger partial charge in [0.15, 0.2) is 0 Å². The standard InChI is InChI=1S/C22H33NO3.C2HF3O2/c1-24-21-6-4-17(5-7-21)14-19-15-23(20-9-12-25-13-10-20)11-8-22(19)26-16-18-2-3-18;3-2(4,5)1(6)7/h4-7,18-20,22H,2-3,8-16H2,1H3;(H,6,7)/t19-,22+;/m0./s1. The van der Waals surface area contributed by atoms with Crippen LogP contribution in [0.25, 0.3) is 0 Å². The van der Waals surface area contributed by atoms with Gasteiger partial charge in [0.05, 0.1) is 13.2 Å². The van der Waals surface area contributed by atoms with Crippen molar-refractivity contribution >= 4 is 5.97 Å². The van der Waals surface area contributed by atoms with Gasteiger partial charge in [-0.25, -0.2) is 4.79 Å². The maximum Gasteiger partial charge on any atom is 0.490 e. The lowest BCUT2D eigenvalue weighted by Gasteiger charge is -2.43. The van der Waals surface area contributed by atoms with Crippen LogP contribution in [0.1, 0.15) is 37.7 Å². The highest BCUT2D eigenvalue weighted by atomic mass is 19.4. The molecule has 2 aliphatic heterocycles. The van der Waals surface area contributed by atoms with E-state index in [-0.39, 0.29) is 0 Å². The quantitative estimate of drug-likeness (QED) is 0.641. The summed E-state index contributed by atoms with van der Waals surface area (Å²) in [7, 11) is 1.73. The number of aliphatic carboxylic acids is 1. The summed E-state index contributed by atoms with van der Waals surface area (Å²) < 4.78 is 49.0. The normalized spacial score (nSPS) is 24.6. The van der Waals surface area contributed by atoms with Crippen molar-refractivity contribution in [3.05, 3.63) is 29.8 Å². The molecule has 186 valence electrons. The van der Waals surface area contributed by atoms with Crippen molar-refractivity contribution in [1.82, 2.24) is 4.90 Å². The van der Waals surface area contributed by atoms with Crippen molar-refractivity contribution in [2.75, 3.05) is 40.0 Å². The van der Waals surface area contributed by atoms with E-state index in [2.05, 4.69) is 29.2 Å². The molecule has 3 aliphatic rings. The number of carboxylic acid groups (broad SMARTS) is 1.